The Morgan fingerprint density at radius 1 is 1.28 bits per heavy atom. The van der Waals surface area contributed by atoms with E-state index >= 15 is 0 Å². The molecule has 0 aromatic carbocycles. The molecule has 2 aliphatic heterocycles. The van der Waals surface area contributed by atoms with E-state index < -0.39 is 10.0 Å². The molecule has 2 heterocycles. The van der Waals surface area contributed by atoms with E-state index in [1.807, 2.05) is 0 Å². The van der Waals surface area contributed by atoms with E-state index in [1.54, 1.807) is 18.3 Å². The van der Waals surface area contributed by atoms with E-state index in [-0.39, 0.29) is 5.25 Å². The molecule has 2 saturated heterocycles. The Balaban J connectivity index is 2.07. The zero-order valence-electron chi connectivity index (χ0n) is 11.4. The van der Waals surface area contributed by atoms with Crippen LogP contribution in [0.5, 0.6) is 0 Å². The van der Waals surface area contributed by atoms with Crippen molar-refractivity contribution in [2.45, 2.75) is 37.5 Å². The lowest BCUT2D eigenvalue weighted by Gasteiger charge is -2.27. The molecule has 18 heavy (non-hydrogen) atoms. The molecular weight excluding hydrogens is 250 g/mol. The topological polar surface area (TPSA) is 52.7 Å². The van der Waals surface area contributed by atoms with Gasteiger partial charge >= 0.3 is 0 Å². The summed E-state index contributed by atoms with van der Waals surface area (Å²) >= 11 is 0. The summed E-state index contributed by atoms with van der Waals surface area (Å²) in [7, 11) is -1.34. The molecule has 0 saturated carbocycles. The number of rotatable bonds is 4. The van der Waals surface area contributed by atoms with Crippen LogP contribution in [0.2, 0.25) is 0 Å². The van der Waals surface area contributed by atoms with Gasteiger partial charge in [-0.25, -0.2) is 12.7 Å². The molecule has 0 aromatic heterocycles. The zero-order chi connectivity index (χ0) is 13.2. The van der Waals surface area contributed by atoms with Gasteiger partial charge in [0, 0.05) is 25.7 Å². The fraction of sp³-hybridized carbons (Fsp3) is 1.00. The van der Waals surface area contributed by atoms with Crippen LogP contribution in [0.3, 0.4) is 0 Å². The number of fused-ring (bicyclic) bond motifs is 1. The first kappa shape index (κ1) is 14.2. The third-order valence-corrected chi connectivity index (χ3v) is 6.36. The minimum Gasteiger partial charge on any atom is -0.318 e. The molecule has 0 amide bonds. The molecule has 2 atom stereocenters. The molecule has 0 aromatic rings. The molecule has 6 heteroatoms. The van der Waals surface area contributed by atoms with E-state index in [1.165, 1.54) is 6.42 Å². The van der Waals surface area contributed by atoms with Crippen LogP contribution in [0.25, 0.3) is 0 Å². The third kappa shape index (κ3) is 2.87. The monoisotopic (exact) mass is 275 g/mol. The lowest BCUT2D eigenvalue weighted by Crippen LogP contribution is -2.45. The minimum atomic E-state index is -3.14. The van der Waals surface area contributed by atoms with Gasteiger partial charge in [-0.1, -0.05) is 0 Å². The third-order valence-electron chi connectivity index (χ3n) is 4.13. The maximum atomic E-state index is 12.5. The normalized spacial score (nSPS) is 28.9. The van der Waals surface area contributed by atoms with Gasteiger partial charge in [0.2, 0.25) is 10.0 Å². The summed E-state index contributed by atoms with van der Waals surface area (Å²) in [5.41, 5.74) is 0. The van der Waals surface area contributed by atoms with Crippen molar-refractivity contribution in [1.82, 2.24) is 14.5 Å². The maximum Gasteiger partial charge on any atom is 0.218 e. The van der Waals surface area contributed by atoms with Gasteiger partial charge in [0.1, 0.15) is 0 Å². The molecule has 2 aliphatic rings. The predicted molar refractivity (Wildman–Crippen MR) is 73.1 cm³/mol. The Morgan fingerprint density at radius 3 is 2.72 bits per heavy atom. The highest BCUT2D eigenvalue weighted by Crippen LogP contribution is 2.23. The molecule has 2 rings (SSSR count). The zero-order valence-corrected chi connectivity index (χ0v) is 12.2. The largest absolute Gasteiger partial charge is 0.318 e. The highest BCUT2D eigenvalue weighted by Gasteiger charge is 2.35. The Labute approximate surface area is 111 Å². The maximum absolute atomic E-state index is 12.5. The molecule has 0 spiro atoms. The van der Waals surface area contributed by atoms with Crippen molar-refractivity contribution in [1.29, 1.82) is 0 Å². The summed E-state index contributed by atoms with van der Waals surface area (Å²) < 4.78 is 26.7. The van der Waals surface area contributed by atoms with Gasteiger partial charge in [0.25, 0.3) is 0 Å². The van der Waals surface area contributed by atoms with E-state index in [0.717, 1.165) is 25.9 Å². The lowest BCUT2D eigenvalue weighted by molar-refractivity contribution is 0.257. The first-order chi connectivity index (χ1) is 8.55. The van der Waals surface area contributed by atoms with Gasteiger partial charge in [-0.3, -0.25) is 4.90 Å². The Bertz CT molecular complexity index is 372. The number of hydrogen-bond acceptors (Lipinski definition) is 4. The fourth-order valence-corrected chi connectivity index (χ4v) is 4.70. The van der Waals surface area contributed by atoms with Crippen LogP contribution in [0.1, 0.15) is 26.2 Å². The Morgan fingerprint density at radius 2 is 2.00 bits per heavy atom. The number of nitrogens with zero attached hydrogens (tertiary/aromatic N) is 2. The van der Waals surface area contributed by atoms with Gasteiger partial charge in [0.15, 0.2) is 0 Å². The summed E-state index contributed by atoms with van der Waals surface area (Å²) in [5, 5.41) is 2.62. The quantitative estimate of drug-likeness (QED) is 0.790. The van der Waals surface area contributed by atoms with Gasteiger partial charge in [-0.05, 0) is 46.3 Å². The summed E-state index contributed by atoms with van der Waals surface area (Å²) in [6, 6.07) is 0.448. The molecule has 5 nitrogen and oxygen atoms in total. The minimum absolute atomic E-state index is 0.338. The van der Waals surface area contributed by atoms with Crippen molar-refractivity contribution in [2.75, 3.05) is 39.8 Å². The fourth-order valence-electron chi connectivity index (χ4n) is 3.05. The average molecular weight is 275 g/mol. The van der Waals surface area contributed by atoms with E-state index in [0.29, 0.717) is 25.7 Å². The lowest BCUT2D eigenvalue weighted by atomic mass is 10.2. The second kappa shape index (κ2) is 5.86. The summed E-state index contributed by atoms with van der Waals surface area (Å²) in [6.45, 7) is 5.89. The summed E-state index contributed by atoms with van der Waals surface area (Å²) in [6.07, 6.45) is 3.32. The summed E-state index contributed by atoms with van der Waals surface area (Å²) in [5.74, 6) is 0. The summed E-state index contributed by atoms with van der Waals surface area (Å²) in [4.78, 5) is 2.46. The predicted octanol–water partition coefficient (Wildman–Crippen LogP) is 0.0942. The SMILES string of the molecule is CNCC(C)S(=O)(=O)N1CCCN2CCCC2C1. The highest BCUT2D eigenvalue weighted by atomic mass is 32.2. The van der Waals surface area contributed by atoms with Crippen molar-refractivity contribution in [2.24, 2.45) is 0 Å². The highest BCUT2D eigenvalue weighted by molar-refractivity contribution is 7.89. The van der Waals surface area contributed by atoms with E-state index in [9.17, 15) is 8.42 Å². The molecule has 1 N–H and O–H groups in total. The first-order valence-corrected chi connectivity index (χ1v) is 8.43. The standard InChI is InChI=1S/C12H25N3O2S/c1-11(9-13-2)18(16,17)15-8-4-7-14-6-3-5-12(14)10-15/h11-13H,3-10H2,1-2H3. The molecule has 2 fully saturated rings. The van der Waals surface area contributed by atoms with Gasteiger partial charge in [-0.15, -0.1) is 0 Å². The molecule has 2 unspecified atom stereocenters. The van der Waals surface area contributed by atoms with Crippen molar-refractivity contribution in [3.05, 3.63) is 0 Å². The molecule has 0 bridgehead atoms. The van der Waals surface area contributed by atoms with Crippen molar-refractivity contribution < 1.29 is 8.42 Å². The van der Waals surface area contributed by atoms with Crippen molar-refractivity contribution >= 4 is 10.0 Å². The Kier molecular flexibility index (Phi) is 4.64. The second-order valence-electron chi connectivity index (χ2n) is 5.46. The average Bonchev–Trinajstić information content (AvgIpc) is 2.66. The van der Waals surface area contributed by atoms with Gasteiger partial charge in [0.05, 0.1) is 5.25 Å². The number of hydrogen-bond donors (Lipinski definition) is 1. The molecule has 0 aliphatic carbocycles. The molecule has 0 radical (unpaired) electrons. The molecular formula is C12H25N3O2S. The van der Waals surface area contributed by atoms with Crippen LogP contribution in [0.15, 0.2) is 0 Å². The first-order valence-electron chi connectivity index (χ1n) is 6.93. The van der Waals surface area contributed by atoms with E-state index in [2.05, 4.69) is 10.2 Å². The second-order valence-corrected chi connectivity index (χ2v) is 7.81. The Hall–Kier alpha value is -0.170. The molecule has 106 valence electrons. The smallest absolute Gasteiger partial charge is 0.218 e. The van der Waals surface area contributed by atoms with Crippen LogP contribution < -0.4 is 5.32 Å². The number of nitrogens with one attached hydrogen (secondary N) is 1. The van der Waals surface area contributed by atoms with Crippen molar-refractivity contribution in [3.63, 3.8) is 0 Å². The van der Waals surface area contributed by atoms with E-state index in [4.69, 9.17) is 0 Å². The number of sulfonamides is 1. The van der Waals surface area contributed by atoms with Crippen LogP contribution in [0.4, 0.5) is 0 Å². The van der Waals surface area contributed by atoms with Crippen LogP contribution >= 0.6 is 0 Å². The van der Waals surface area contributed by atoms with Crippen LogP contribution in [-0.4, -0.2) is 68.7 Å². The van der Waals surface area contributed by atoms with Gasteiger partial charge < -0.3 is 5.32 Å². The van der Waals surface area contributed by atoms with Crippen LogP contribution in [0, 0.1) is 0 Å². The van der Waals surface area contributed by atoms with Gasteiger partial charge in [-0.2, -0.15) is 0 Å². The van der Waals surface area contributed by atoms with Crippen LogP contribution in [-0.2, 0) is 10.0 Å². The van der Waals surface area contributed by atoms with Crippen molar-refractivity contribution in [3.8, 4) is 0 Å².